The summed E-state index contributed by atoms with van der Waals surface area (Å²) in [6.07, 6.45) is 1.97. The zero-order valence-corrected chi connectivity index (χ0v) is 11.9. The predicted molar refractivity (Wildman–Crippen MR) is 78.3 cm³/mol. The van der Waals surface area contributed by atoms with Crippen molar-refractivity contribution in [3.8, 4) is 0 Å². The van der Waals surface area contributed by atoms with E-state index in [-0.39, 0.29) is 6.04 Å². The topological polar surface area (TPSA) is 38.9 Å². The van der Waals surface area contributed by atoms with Crippen LogP contribution in [0.15, 0.2) is 34.5 Å². The van der Waals surface area contributed by atoms with Gasteiger partial charge >= 0.3 is 0 Å². The number of thioether (sulfide) groups is 1. The lowest BCUT2D eigenvalue weighted by atomic mass is 10.0. The number of nitrogens with two attached hydrogens (primary N) is 1. The number of aromatic nitrogens is 1. The van der Waals surface area contributed by atoms with Crippen molar-refractivity contribution in [3.05, 3.63) is 45.9 Å². The van der Waals surface area contributed by atoms with E-state index in [4.69, 9.17) is 5.73 Å². The smallest absolute Gasteiger partial charge is 0.0897 e. The van der Waals surface area contributed by atoms with Gasteiger partial charge in [0.25, 0.3) is 0 Å². The standard InChI is InChI=1S/C14H16N2S2/c1-9-16-11(8-17-9)7-12(15)14-6-10-4-2-3-5-13(10)18-14/h2-5,8,12,14H,6-7,15H2,1H3. The summed E-state index contributed by atoms with van der Waals surface area (Å²) in [6, 6.07) is 8.80. The van der Waals surface area contributed by atoms with Gasteiger partial charge in [0.05, 0.1) is 10.7 Å². The number of benzene rings is 1. The maximum Gasteiger partial charge on any atom is 0.0897 e. The van der Waals surface area contributed by atoms with Crippen LogP contribution in [0.5, 0.6) is 0 Å². The molecule has 94 valence electrons. The number of hydrogen-bond donors (Lipinski definition) is 1. The average molecular weight is 276 g/mol. The third-order valence-electron chi connectivity index (χ3n) is 3.26. The summed E-state index contributed by atoms with van der Waals surface area (Å²) in [5.74, 6) is 0. The first-order chi connectivity index (χ1) is 8.72. The quantitative estimate of drug-likeness (QED) is 0.936. The number of fused-ring (bicyclic) bond motifs is 1. The van der Waals surface area contributed by atoms with Crippen molar-refractivity contribution in [2.45, 2.75) is 36.0 Å². The number of thiazole rings is 1. The molecule has 0 radical (unpaired) electrons. The lowest BCUT2D eigenvalue weighted by molar-refractivity contribution is 0.625. The van der Waals surface area contributed by atoms with E-state index in [1.54, 1.807) is 11.3 Å². The second kappa shape index (κ2) is 5.03. The van der Waals surface area contributed by atoms with E-state index in [1.165, 1.54) is 10.5 Å². The molecule has 0 saturated heterocycles. The summed E-state index contributed by atoms with van der Waals surface area (Å²) in [4.78, 5) is 5.90. The lowest BCUT2D eigenvalue weighted by Crippen LogP contribution is -2.34. The molecule has 0 bridgehead atoms. The fourth-order valence-electron chi connectivity index (χ4n) is 2.32. The molecule has 0 saturated carbocycles. The number of rotatable bonds is 3. The second-order valence-electron chi connectivity index (χ2n) is 4.69. The molecule has 0 spiro atoms. The fourth-order valence-corrected chi connectivity index (χ4v) is 4.27. The highest BCUT2D eigenvalue weighted by atomic mass is 32.2. The van der Waals surface area contributed by atoms with Crippen LogP contribution in [0.3, 0.4) is 0 Å². The van der Waals surface area contributed by atoms with Crippen LogP contribution in [-0.2, 0) is 12.8 Å². The van der Waals surface area contributed by atoms with Crippen LogP contribution in [0.4, 0.5) is 0 Å². The van der Waals surface area contributed by atoms with E-state index in [0.29, 0.717) is 5.25 Å². The summed E-state index contributed by atoms with van der Waals surface area (Å²) in [6.45, 7) is 2.04. The Morgan fingerprint density at radius 2 is 2.28 bits per heavy atom. The number of hydrogen-bond acceptors (Lipinski definition) is 4. The lowest BCUT2D eigenvalue weighted by Gasteiger charge is -2.16. The number of aryl methyl sites for hydroxylation is 1. The minimum absolute atomic E-state index is 0.184. The van der Waals surface area contributed by atoms with Crippen LogP contribution in [0.1, 0.15) is 16.3 Å². The molecule has 1 aliphatic heterocycles. The Kier molecular flexibility index (Phi) is 3.41. The minimum atomic E-state index is 0.184. The van der Waals surface area contributed by atoms with Crippen LogP contribution < -0.4 is 5.73 Å². The third kappa shape index (κ3) is 2.46. The Hall–Kier alpha value is -0.840. The van der Waals surface area contributed by atoms with Crippen LogP contribution in [-0.4, -0.2) is 16.3 Å². The van der Waals surface area contributed by atoms with E-state index in [9.17, 15) is 0 Å². The summed E-state index contributed by atoms with van der Waals surface area (Å²) in [5, 5.41) is 3.74. The maximum absolute atomic E-state index is 6.34. The second-order valence-corrected chi connectivity index (χ2v) is 7.04. The highest BCUT2D eigenvalue weighted by Crippen LogP contribution is 2.38. The first-order valence-electron chi connectivity index (χ1n) is 6.13. The summed E-state index contributed by atoms with van der Waals surface area (Å²) >= 11 is 3.62. The van der Waals surface area contributed by atoms with Crippen molar-refractivity contribution in [2.75, 3.05) is 0 Å². The molecule has 0 fully saturated rings. The van der Waals surface area contributed by atoms with Gasteiger partial charge in [0.2, 0.25) is 0 Å². The number of nitrogens with zero attached hydrogens (tertiary/aromatic N) is 1. The average Bonchev–Trinajstić information content (AvgIpc) is 2.95. The predicted octanol–water partition coefficient (Wildman–Crippen LogP) is 3.04. The molecule has 2 aromatic rings. The monoisotopic (exact) mass is 276 g/mol. The van der Waals surface area contributed by atoms with Gasteiger partial charge < -0.3 is 5.73 Å². The summed E-state index contributed by atoms with van der Waals surface area (Å²) < 4.78 is 0. The third-order valence-corrected chi connectivity index (χ3v) is 5.55. The molecule has 2 heterocycles. The highest BCUT2D eigenvalue weighted by Gasteiger charge is 2.27. The Balaban J connectivity index is 1.67. The molecule has 2 N–H and O–H groups in total. The van der Waals surface area contributed by atoms with Gasteiger partial charge in [-0.25, -0.2) is 4.98 Å². The van der Waals surface area contributed by atoms with E-state index in [1.807, 2.05) is 18.7 Å². The van der Waals surface area contributed by atoms with E-state index in [0.717, 1.165) is 23.5 Å². The Bertz CT molecular complexity index is 525. The van der Waals surface area contributed by atoms with E-state index in [2.05, 4.69) is 34.6 Å². The Morgan fingerprint density at radius 3 is 3.00 bits per heavy atom. The molecule has 0 amide bonds. The zero-order valence-electron chi connectivity index (χ0n) is 10.3. The highest BCUT2D eigenvalue weighted by molar-refractivity contribution is 8.00. The molecule has 1 aromatic heterocycles. The fraction of sp³-hybridized carbons (Fsp3) is 0.357. The SMILES string of the molecule is Cc1nc(CC(N)C2Cc3ccccc3S2)cs1. The largest absolute Gasteiger partial charge is 0.326 e. The van der Waals surface area contributed by atoms with Crippen molar-refractivity contribution in [1.29, 1.82) is 0 Å². The van der Waals surface area contributed by atoms with Gasteiger partial charge in [0.1, 0.15) is 0 Å². The summed E-state index contributed by atoms with van der Waals surface area (Å²) in [7, 11) is 0. The summed E-state index contributed by atoms with van der Waals surface area (Å²) in [5.41, 5.74) is 8.93. The maximum atomic E-state index is 6.34. The van der Waals surface area contributed by atoms with E-state index < -0.39 is 0 Å². The van der Waals surface area contributed by atoms with Crippen molar-refractivity contribution < 1.29 is 0 Å². The molecule has 2 atom stereocenters. The van der Waals surface area contributed by atoms with Crippen LogP contribution in [0.2, 0.25) is 0 Å². The molecule has 0 aliphatic carbocycles. The molecule has 3 rings (SSSR count). The minimum Gasteiger partial charge on any atom is -0.326 e. The van der Waals surface area contributed by atoms with Crippen molar-refractivity contribution in [3.63, 3.8) is 0 Å². The van der Waals surface area contributed by atoms with E-state index >= 15 is 0 Å². The van der Waals surface area contributed by atoms with Gasteiger partial charge in [0.15, 0.2) is 0 Å². The van der Waals surface area contributed by atoms with Crippen LogP contribution >= 0.6 is 23.1 Å². The molecule has 18 heavy (non-hydrogen) atoms. The van der Waals surface area contributed by atoms with Crippen LogP contribution in [0, 0.1) is 6.92 Å². The van der Waals surface area contributed by atoms with Gasteiger partial charge in [-0.1, -0.05) is 18.2 Å². The molecule has 4 heteroatoms. The van der Waals surface area contributed by atoms with Gasteiger partial charge in [-0.15, -0.1) is 23.1 Å². The first-order valence-corrected chi connectivity index (χ1v) is 7.89. The molecule has 2 unspecified atom stereocenters. The van der Waals surface area contributed by atoms with Crippen molar-refractivity contribution in [1.82, 2.24) is 4.98 Å². The molecule has 1 aliphatic rings. The van der Waals surface area contributed by atoms with Gasteiger partial charge in [-0.2, -0.15) is 0 Å². The first kappa shape index (κ1) is 12.2. The zero-order chi connectivity index (χ0) is 12.5. The van der Waals surface area contributed by atoms with Crippen molar-refractivity contribution in [2.24, 2.45) is 5.73 Å². The molecular weight excluding hydrogens is 260 g/mol. The molecule has 2 nitrogen and oxygen atoms in total. The van der Waals surface area contributed by atoms with Crippen molar-refractivity contribution >= 4 is 23.1 Å². The van der Waals surface area contributed by atoms with Gasteiger partial charge in [-0.3, -0.25) is 0 Å². The molecule has 1 aromatic carbocycles. The Labute approximate surface area is 116 Å². The normalized spacial score (nSPS) is 19.8. The van der Waals surface area contributed by atoms with Gasteiger partial charge in [0, 0.05) is 28.0 Å². The molecular formula is C14H16N2S2. The Morgan fingerprint density at radius 1 is 1.44 bits per heavy atom. The van der Waals surface area contributed by atoms with Gasteiger partial charge in [-0.05, 0) is 25.0 Å². The van der Waals surface area contributed by atoms with Crippen LogP contribution in [0.25, 0.3) is 0 Å².